The Labute approximate surface area is 84.2 Å². The lowest BCUT2D eigenvalue weighted by atomic mass is 10.1. The van der Waals surface area contributed by atoms with Crippen LogP contribution in [0.5, 0.6) is 0 Å². The molecule has 0 aliphatic carbocycles. The summed E-state index contributed by atoms with van der Waals surface area (Å²) in [6.45, 7) is 0. The molecule has 0 radical (unpaired) electrons. The van der Waals surface area contributed by atoms with Gasteiger partial charge in [-0.2, -0.15) is 4.37 Å². The molecule has 0 amide bonds. The fourth-order valence-electron chi connectivity index (χ4n) is 1.22. The molecule has 0 N–H and O–H groups in total. The summed E-state index contributed by atoms with van der Waals surface area (Å²) in [7, 11) is 0. The van der Waals surface area contributed by atoms with E-state index in [1.807, 2.05) is 5.38 Å². The van der Waals surface area contributed by atoms with E-state index in [0.29, 0.717) is 23.1 Å². The predicted octanol–water partition coefficient (Wildman–Crippen LogP) is 2.76. The van der Waals surface area contributed by atoms with Gasteiger partial charge < -0.3 is 0 Å². The van der Waals surface area contributed by atoms with Gasteiger partial charge in [0, 0.05) is 16.5 Å². The Morgan fingerprint density at radius 3 is 2.86 bits per heavy atom. The van der Waals surface area contributed by atoms with E-state index in [9.17, 15) is 9.18 Å². The van der Waals surface area contributed by atoms with Crippen LogP contribution in [-0.2, 0) is 0 Å². The van der Waals surface area contributed by atoms with Crippen LogP contribution in [0.3, 0.4) is 0 Å². The summed E-state index contributed by atoms with van der Waals surface area (Å²) in [6.07, 6.45) is 0.637. The quantitative estimate of drug-likeness (QED) is 0.709. The lowest BCUT2D eigenvalue weighted by molar-refractivity contribution is 0.112. The second kappa shape index (κ2) is 3.67. The molecule has 1 aromatic heterocycles. The zero-order valence-corrected chi connectivity index (χ0v) is 7.92. The van der Waals surface area contributed by atoms with Gasteiger partial charge in [0.15, 0.2) is 6.29 Å². The molecule has 0 fully saturated rings. The number of carbonyl (C=O) groups excluding carboxylic acids is 1. The number of aromatic nitrogens is 1. The van der Waals surface area contributed by atoms with Gasteiger partial charge in [0.05, 0.1) is 5.69 Å². The molecular weight excluding hydrogens is 201 g/mol. The van der Waals surface area contributed by atoms with Crippen LogP contribution in [-0.4, -0.2) is 10.7 Å². The highest BCUT2D eigenvalue weighted by Gasteiger charge is 2.06. The van der Waals surface area contributed by atoms with E-state index in [1.165, 1.54) is 23.7 Å². The first kappa shape index (κ1) is 9.02. The van der Waals surface area contributed by atoms with E-state index in [1.54, 1.807) is 12.1 Å². The second-order valence-electron chi connectivity index (χ2n) is 2.73. The molecule has 0 aliphatic rings. The highest BCUT2D eigenvalue weighted by molar-refractivity contribution is 7.03. The van der Waals surface area contributed by atoms with Gasteiger partial charge in [0.2, 0.25) is 0 Å². The lowest BCUT2D eigenvalue weighted by Gasteiger charge is -2.00. The molecule has 0 saturated heterocycles. The molecule has 2 nitrogen and oxygen atoms in total. The molecule has 0 saturated carbocycles. The Morgan fingerprint density at radius 1 is 1.36 bits per heavy atom. The van der Waals surface area contributed by atoms with Crippen molar-refractivity contribution in [1.29, 1.82) is 0 Å². The molecule has 1 aromatic carbocycles. The van der Waals surface area contributed by atoms with Crippen molar-refractivity contribution < 1.29 is 9.18 Å². The monoisotopic (exact) mass is 207 g/mol. The third kappa shape index (κ3) is 1.56. The van der Waals surface area contributed by atoms with Gasteiger partial charge in [-0.25, -0.2) is 4.39 Å². The zero-order chi connectivity index (χ0) is 9.97. The lowest BCUT2D eigenvalue weighted by Crippen LogP contribution is -1.88. The fourth-order valence-corrected chi connectivity index (χ4v) is 1.74. The number of benzene rings is 1. The van der Waals surface area contributed by atoms with Crippen LogP contribution in [0.15, 0.2) is 29.6 Å². The van der Waals surface area contributed by atoms with Crippen molar-refractivity contribution in [2.45, 2.75) is 0 Å². The van der Waals surface area contributed by atoms with Crippen LogP contribution in [0.2, 0.25) is 0 Å². The first-order chi connectivity index (χ1) is 6.81. The molecule has 14 heavy (non-hydrogen) atoms. The minimum atomic E-state index is -0.411. The topological polar surface area (TPSA) is 30.0 Å². The maximum atomic E-state index is 12.8. The molecule has 0 bridgehead atoms. The molecule has 0 spiro atoms. The van der Waals surface area contributed by atoms with E-state index < -0.39 is 5.82 Å². The van der Waals surface area contributed by atoms with Crippen molar-refractivity contribution >= 4 is 17.8 Å². The average Bonchev–Trinajstić information content (AvgIpc) is 2.70. The zero-order valence-electron chi connectivity index (χ0n) is 7.11. The van der Waals surface area contributed by atoms with Gasteiger partial charge in [-0.3, -0.25) is 4.79 Å². The average molecular weight is 207 g/mol. The molecule has 4 heteroatoms. The molecule has 1 heterocycles. The summed E-state index contributed by atoms with van der Waals surface area (Å²) < 4.78 is 16.9. The van der Waals surface area contributed by atoms with Crippen LogP contribution in [0, 0.1) is 5.82 Å². The van der Waals surface area contributed by atoms with Crippen LogP contribution in [0.1, 0.15) is 10.4 Å². The number of aldehydes is 1. The highest BCUT2D eigenvalue weighted by Crippen LogP contribution is 2.22. The minimum Gasteiger partial charge on any atom is -0.298 e. The highest BCUT2D eigenvalue weighted by atomic mass is 32.1. The van der Waals surface area contributed by atoms with Gasteiger partial charge in [-0.15, -0.1) is 0 Å². The molecule has 0 atom stereocenters. The van der Waals surface area contributed by atoms with E-state index in [2.05, 4.69) is 4.37 Å². The van der Waals surface area contributed by atoms with Gasteiger partial charge in [-0.05, 0) is 35.8 Å². The van der Waals surface area contributed by atoms with Gasteiger partial charge in [0.25, 0.3) is 0 Å². The summed E-state index contributed by atoms with van der Waals surface area (Å²) in [5.74, 6) is -0.411. The Balaban J connectivity index is 2.58. The molecule has 2 aromatic rings. The molecule has 0 aliphatic heterocycles. The number of carbonyl (C=O) groups is 1. The molecule has 70 valence electrons. The largest absolute Gasteiger partial charge is 0.298 e. The Hall–Kier alpha value is -1.55. The summed E-state index contributed by atoms with van der Waals surface area (Å²) >= 11 is 1.30. The third-order valence-corrected chi connectivity index (χ3v) is 2.41. The maximum absolute atomic E-state index is 12.8. The SMILES string of the molecule is O=Cc1cc(F)ccc1-c1ccsn1. The Kier molecular flexibility index (Phi) is 2.37. The van der Waals surface area contributed by atoms with Crippen molar-refractivity contribution in [3.63, 3.8) is 0 Å². The van der Waals surface area contributed by atoms with Gasteiger partial charge in [0.1, 0.15) is 5.82 Å². The van der Waals surface area contributed by atoms with Crippen molar-refractivity contribution in [3.05, 3.63) is 41.0 Å². The third-order valence-electron chi connectivity index (χ3n) is 1.85. The Morgan fingerprint density at radius 2 is 2.21 bits per heavy atom. The maximum Gasteiger partial charge on any atom is 0.150 e. The number of hydrogen-bond donors (Lipinski definition) is 0. The molecule has 2 rings (SSSR count). The minimum absolute atomic E-state index is 0.330. The molecule has 0 unspecified atom stereocenters. The first-order valence-corrected chi connectivity index (χ1v) is 4.80. The van der Waals surface area contributed by atoms with E-state index >= 15 is 0 Å². The van der Waals surface area contributed by atoms with E-state index in [4.69, 9.17) is 0 Å². The van der Waals surface area contributed by atoms with Crippen molar-refractivity contribution in [1.82, 2.24) is 4.37 Å². The van der Waals surface area contributed by atoms with E-state index in [-0.39, 0.29) is 0 Å². The summed E-state index contributed by atoms with van der Waals surface area (Å²) in [5, 5.41) is 1.81. The predicted molar refractivity (Wildman–Crippen MR) is 52.9 cm³/mol. The fraction of sp³-hybridized carbons (Fsp3) is 0. The van der Waals surface area contributed by atoms with Crippen molar-refractivity contribution in [2.24, 2.45) is 0 Å². The smallest absolute Gasteiger partial charge is 0.150 e. The first-order valence-electron chi connectivity index (χ1n) is 3.97. The van der Waals surface area contributed by atoms with Crippen LogP contribution in [0.4, 0.5) is 4.39 Å². The normalized spacial score (nSPS) is 10.1. The van der Waals surface area contributed by atoms with E-state index in [0.717, 1.165) is 0 Å². The van der Waals surface area contributed by atoms with Crippen molar-refractivity contribution in [2.75, 3.05) is 0 Å². The van der Waals surface area contributed by atoms with Gasteiger partial charge >= 0.3 is 0 Å². The van der Waals surface area contributed by atoms with Crippen LogP contribution < -0.4 is 0 Å². The molecular formula is C10H6FNOS. The van der Waals surface area contributed by atoms with Crippen molar-refractivity contribution in [3.8, 4) is 11.3 Å². The summed E-state index contributed by atoms with van der Waals surface area (Å²) in [6, 6.07) is 5.89. The van der Waals surface area contributed by atoms with Crippen LogP contribution in [0.25, 0.3) is 11.3 Å². The summed E-state index contributed by atoms with van der Waals surface area (Å²) in [5.41, 5.74) is 1.70. The Bertz CT molecular complexity index is 453. The second-order valence-corrected chi connectivity index (χ2v) is 3.40. The number of nitrogens with zero attached hydrogens (tertiary/aromatic N) is 1. The number of hydrogen-bond acceptors (Lipinski definition) is 3. The van der Waals surface area contributed by atoms with Gasteiger partial charge in [-0.1, -0.05) is 0 Å². The summed E-state index contributed by atoms with van der Waals surface area (Å²) in [4.78, 5) is 10.7. The number of rotatable bonds is 2. The number of halogens is 1. The standard InChI is InChI=1S/C10H6FNOS/c11-8-1-2-9(7(5-8)6-13)10-3-4-14-12-10/h1-6H. The van der Waals surface area contributed by atoms with Crippen LogP contribution >= 0.6 is 11.5 Å².